The minimum atomic E-state index is -0.181. The fourth-order valence-electron chi connectivity index (χ4n) is 3.13. The first kappa shape index (κ1) is 22.6. The first-order chi connectivity index (χ1) is 15.0. The zero-order valence-corrected chi connectivity index (χ0v) is 18.9. The second kappa shape index (κ2) is 10.8. The minimum absolute atomic E-state index is 0.00154. The van der Waals surface area contributed by atoms with Crippen molar-refractivity contribution < 1.29 is 19.0 Å². The standard InChI is InChI=1S/C23H27N3O4S/c1-26(2)20(16-6-5-7-19(10-16)28-3)12-24-23(27)17-8-9-21(22(11-17)29-4)30-13-18-14-31-15-25-18/h5-11,14-15,20H,12-13H2,1-4H3,(H,24,27). The van der Waals surface area contributed by atoms with E-state index >= 15 is 0 Å². The average Bonchev–Trinajstić information content (AvgIpc) is 3.31. The number of nitrogens with one attached hydrogen (secondary N) is 1. The molecule has 0 aliphatic rings. The summed E-state index contributed by atoms with van der Waals surface area (Å²) in [5.74, 6) is 1.67. The Morgan fingerprint density at radius 3 is 2.65 bits per heavy atom. The second-order valence-electron chi connectivity index (χ2n) is 7.10. The van der Waals surface area contributed by atoms with Crippen LogP contribution in [0, 0.1) is 0 Å². The molecule has 164 valence electrons. The molecule has 8 heteroatoms. The quantitative estimate of drug-likeness (QED) is 0.516. The van der Waals surface area contributed by atoms with Crippen molar-refractivity contribution in [2.75, 3.05) is 34.9 Å². The maximum atomic E-state index is 12.8. The number of aromatic nitrogens is 1. The molecule has 7 nitrogen and oxygen atoms in total. The van der Waals surface area contributed by atoms with Crippen LogP contribution in [0.4, 0.5) is 0 Å². The largest absolute Gasteiger partial charge is 0.497 e. The van der Waals surface area contributed by atoms with Gasteiger partial charge in [0.15, 0.2) is 11.5 Å². The molecule has 0 spiro atoms. The average molecular weight is 442 g/mol. The molecule has 1 aromatic heterocycles. The van der Waals surface area contributed by atoms with E-state index in [1.54, 1.807) is 37.9 Å². The van der Waals surface area contributed by atoms with Crippen molar-refractivity contribution >= 4 is 17.2 Å². The van der Waals surface area contributed by atoms with E-state index in [-0.39, 0.29) is 11.9 Å². The van der Waals surface area contributed by atoms with Crippen LogP contribution in [-0.2, 0) is 6.61 Å². The highest BCUT2D eigenvalue weighted by Crippen LogP contribution is 2.29. The number of thiazole rings is 1. The van der Waals surface area contributed by atoms with E-state index in [1.807, 2.05) is 43.7 Å². The SMILES string of the molecule is COc1cccc(C(CNC(=O)c2ccc(OCc3cscn3)c(OC)c2)N(C)C)c1. The summed E-state index contributed by atoms with van der Waals surface area (Å²) in [7, 11) is 7.16. The Bertz CT molecular complexity index is 992. The highest BCUT2D eigenvalue weighted by atomic mass is 32.1. The van der Waals surface area contributed by atoms with Gasteiger partial charge in [0.25, 0.3) is 5.91 Å². The highest BCUT2D eigenvalue weighted by molar-refractivity contribution is 7.07. The molecule has 1 atom stereocenters. The molecular weight excluding hydrogens is 414 g/mol. The highest BCUT2D eigenvalue weighted by Gasteiger charge is 2.18. The van der Waals surface area contributed by atoms with Crippen molar-refractivity contribution in [1.29, 1.82) is 0 Å². The summed E-state index contributed by atoms with van der Waals surface area (Å²) < 4.78 is 16.5. The lowest BCUT2D eigenvalue weighted by Gasteiger charge is -2.25. The van der Waals surface area contributed by atoms with Gasteiger partial charge in [-0.15, -0.1) is 11.3 Å². The molecule has 0 fully saturated rings. The summed E-state index contributed by atoms with van der Waals surface area (Å²) in [5.41, 5.74) is 4.17. The summed E-state index contributed by atoms with van der Waals surface area (Å²) >= 11 is 1.52. The second-order valence-corrected chi connectivity index (χ2v) is 7.82. The third-order valence-corrected chi connectivity index (χ3v) is 5.48. The zero-order chi connectivity index (χ0) is 22.2. The predicted molar refractivity (Wildman–Crippen MR) is 121 cm³/mol. The number of benzene rings is 2. The number of likely N-dealkylation sites (N-methyl/N-ethyl adjacent to an activating group) is 1. The molecule has 0 bridgehead atoms. The fraction of sp³-hybridized carbons (Fsp3) is 0.304. The van der Waals surface area contributed by atoms with Gasteiger partial charge in [0.2, 0.25) is 0 Å². The normalized spacial score (nSPS) is 11.8. The van der Waals surface area contributed by atoms with E-state index in [9.17, 15) is 4.79 Å². The van der Waals surface area contributed by atoms with Crippen LogP contribution in [0.2, 0.25) is 0 Å². The van der Waals surface area contributed by atoms with Crippen LogP contribution in [0.25, 0.3) is 0 Å². The Kier molecular flexibility index (Phi) is 7.86. The summed E-state index contributed by atoms with van der Waals surface area (Å²) in [6.07, 6.45) is 0. The number of hydrogen-bond donors (Lipinski definition) is 1. The minimum Gasteiger partial charge on any atom is -0.497 e. The molecule has 1 N–H and O–H groups in total. The van der Waals surface area contributed by atoms with Gasteiger partial charge in [-0.25, -0.2) is 4.98 Å². The van der Waals surface area contributed by atoms with E-state index in [0.29, 0.717) is 30.2 Å². The molecule has 0 aliphatic heterocycles. The number of rotatable bonds is 10. The summed E-state index contributed by atoms with van der Waals surface area (Å²) in [5, 5.41) is 4.94. The van der Waals surface area contributed by atoms with Gasteiger partial charge in [-0.1, -0.05) is 12.1 Å². The summed E-state index contributed by atoms with van der Waals surface area (Å²) in [6.45, 7) is 0.792. The number of carbonyl (C=O) groups is 1. The molecular formula is C23H27N3O4S. The van der Waals surface area contributed by atoms with E-state index in [1.165, 1.54) is 11.3 Å². The number of hydrogen-bond acceptors (Lipinski definition) is 7. The van der Waals surface area contributed by atoms with E-state index in [2.05, 4.69) is 15.2 Å². The zero-order valence-electron chi connectivity index (χ0n) is 18.1. The monoisotopic (exact) mass is 441 g/mol. The lowest BCUT2D eigenvalue weighted by molar-refractivity contribution is 0.0941. The van der Waals surface area contributed by atoms with E-state index in [4.69, 9.17) is 14.2 Å². The van der Waals surface area contributed by atoms with Gasteiger partial charge in [-0.05, 0) is 50.0 Å². The van der Waals surface area contributed by atoms with Crippen LogP contribution in [0.1, 0.15) is 27.7 Å². The Hall–Kier alpha value is -3.10. The van der Waals surface area contributed by atoms with Crippen LogP contribution >= 0.6 is 11.3 Å². The van der Waals surface area contributed by atoms with Gasteiger partial charge in [-0.2, -0.15) is 0 Å². The molecule has 1 unspecified atom stereocenters. The van der Waals surface area contributed by atoms with Crippen molar-refractivity contribution in [3.63, 3.8) is 0 Å². The van der Waals surface area contributed by atoms with Gasteiger partial charge in [0.1, 0.15) is 12.4 Å². The smallest absolute Gasteiger partial charge is 0.251 e. The summed E-state index contributed by atoms with van der Waals surface area (Å²) in [4.78, 5) is 19.1. The number of nitrogens with zero attached hydrogens (tertiary/aromatic N) is 2. The molecule has 3 rings (SSSR count). The van der Waals surface area contributed by atoms with Gasteiger partial charge in [-0.3, -0.25) is 4.79 Å². The van der Waals surface area contributed by atoms with E-state index in [0.717, 1.165) is 17.0 Å². The Morgan fingerprint density at radius 1 is 1.13 bits per heavy atom. The van der Waals surface area contributed by atoms with Crippen LogP contribution in [-0.4, -0.2) is 50.7 Å². The Morgan fingerprint density at radius 2 is 1.97 bits per heavy atom. The molecule has 0 saturated carbocycles. The summed E-state index contributed by atoms with van der Waals surface area (Å²) in [6, 6.07) is 13.0. The first-order valence-electron chi connectivity index (χ1n) is 9.78. The van der Waals surface area contributed by atoms with Gasteiger partial charge in [0.05, 0.1) is 31.5 Å². The fourth-order valence-corrected chi connectivity index (χ4v) is 3.67. The lowest BCUT2D eigenvalue weighted by Crippen LogP contribution is -2.34. The topological polar surface area (TPSA) is 72.9 Å². The molecule has 3 aromatic rings. The molecule has 0 radical (unpaired) electrons. The van der Waals surface area contributed by atoms with Crippen molar-refractivity contribution in [2.45, 2.75) is 12.6 Å². The molecule has 1 heterocycles. The van der Waals surface area contributed by atoms with Crippen LogP contribution < -0.4 is 19.5 Å². The van der Waals surface area contributed by atoms with Gasteiger partial charge >= 0.3 is 0 Å². The van der Waals surface area contributed by atoms with Crippen molar-refractivity contribution in [3.05, 3.63) is 70.2 Å². The molecule has 0 saturated heterocycles. The van der Waals surface area contributed by atoms with Crippen LogP contribution in [0.5, 0.6) is 17.2 Å². The maximum Gasteiger partial charge on any atom is 0.251 e. The number of carbonyl (C=O) groups excluding carboxylic acids is 1. The Labute approximate surface area is 186 Å². The number of ether oxygens (including phenoxy) is 3. The third kappa shape index (κ3) is 5.96. The van der Waals surface area contributed by atoms with Gasteiger partial charge in [0, 0.05) is 17.5 Å². The first-order valence-corrected chi connectivity index (χ1v) is 10.7. The Balaban J connectivity index is 1.67. The molecule has 31 heavy (non-hydrogen) atoms. The van der Waals surface area contributed by atoms with E-state index < -0.39 is 0 Å². The third-order valence-electron chi connectivity index (χ3n) is 4.84. The maximum absolute atomic E-state index is 12.8. The van der Waals surface area contributed by atoms with Crippen molar-refractivity contribution in [3.8, 4) is 17.2 Å². The van der Waals surface area contributed by atoms with Crippen molar-refractivity contribution in [2.24, 2.45) is 0 Å². The molecule has 2 aromatic carbocycles. The van der Waals surface area contributed by atoms with Gasteiger partial charge < -0.3 is 24.4 Å². The predicted octanol–water partition coefficient (Wildman–Crippen LogP) is 3.77. The lowest BCUT2D eigenvalue weighted by atomic mass is 10.1. The molecule has 0 aliphatic carbocycles. The molecule has 1 amide bonds. The van der Waals surface area contributed by atoms with Crippen molar-refractivity contribution in [1.82, 2.24) is 15.2 Å². The number of methoxy groups -OCH3 is 2. The van der Waals surface area contributed by atoms with Crippen LogP contribution in [0.3, 0.4) is 0 Å². The van der Waals surface area contributed by atoms with Crippen LogP contribution in [0.15, 0.2) is 53.4 Å². The number of amides is 1.